The van der Waals surface area contributed by atoms with Crippen molar-refractivity contribution in [2.24, 2.45) is 0 Å². The van der Waals surface area contributed by atoms with Crippen LogP contribution in [-0.4, -0.2) is 60.2 Å². The first-order valence-corrected chi connectivity index (χ1v) is 13.0. The van der Waals surface area contributed by atoms with E-state index in [0.29, 0.717) is 23.7 Å². The van der Waals surface area contributed by atoms with Crippen molar-refractivity contribution < 1.29 is 19.0 Å². The summed E-state index contributed by atoms with van der Waals surface area (Å²) in [6.45, 7) is 4.07. The maximum absolute atomic E-state index is 14.1. The van der Waals surface area contributed by atoms with Crippen LogP contribution in [0.3, 0.4) is 0 Å². The Morgan fingerprint density at radius 2 is 1.89 bits per heavy atom. The largest absolute Gasteiger partial charge is 0.496 e. The number of methoxy groups -OCH3 is 1. The summed E-state index contributed by atoms with van der Waals surface area (Å²) in [5.41, 5.74) is -0.675. The lowest BCUT2D eigenvalue weighted by atomic mass is 10.1. The number of ether oxygens (including phenoxy) is 1. The number of nitrogens with zero attached hydrogens (tertiary/aromatic N) is 6. The molecule has 1 fully saturated rings. The Labute approximate surface area is 220 Å². The molecule has 1 unspecified atom stereocenters. The predicted octanol–water partition coefficient (Wildman–Crippen LogP) is 2.18. The van der Waals surface area contributed by atoms with Gasteiger partial charge in [0.1, 0.15) is 33.5 Å². The van der Waals surface area contributed by atoms with E-state index in [0.717, 1.165) is 34.8 Å². The van der Waals surface area contributed by atoms with Crippen LogP contribution in [0.1, 0.15) is 43.0 Å². The van der Waals surface area contributed by atoms with Crippen LogP contribution in [0.15, 0.2) is 40.2 Å². The number of amides is 1. The maximum Gasteiger partial charge on any atom is 0.332 e. The van der Waals surface area contributed by atoms with Gasteiger partial charge >= 0.3 is 5.69 Å². The van der Waals surface area contributed by atoms with E-state index >= 15 is 0 Å². The maximum atomic E-state index is 14.1. The molecule has 0 saturated carbocycles. The number of aliphatic hydroxyl groups is 1. The van der Waals surface area contributed by atoms with Gasteiger partial charge in [0.05, 0.1) is 31.4 Å². The van der Waals surface area contributed by atoms with Crippen LogP contribution in [0.5, 0.6) is 5.75 Å². The molecule has 0 aliphatic carbocycles. The molecular formula is C25H27FN6O5S. The summed E-state index contributed by atoms with van der Waals surface area (Å²) in [5, 5.41) is 20.2. The molecule has 0 radical (unpaired) electrons. The summed E-state index contributed by atoms with van der Waals surface area (Å²) in [4.78, 5) is 44.2. The highest BCUT2D eigenvalue weighted by Crippen LogP contribution is 2.33. The number of aliphatic hydroxyl groups excluding tert-OH is 1. The molecule has 1 aromatic carbocycles. The summed E-state index contributed by atoms with van der Waals surface area (Å²) in [6, 6.07) is 2.67. The van der Waals surface area contributed by atoms with Gasteiger partial charge < -0.3 is 14.7 Å². The number of rotatable bonds is 7. The van der Waals surface area contributed by atoms with Crippen molar-refractivity contribution in [2.75, 3.05) is 20.2 Å². The van der Waals surface area contributed by atoms with Gasteiger partial charge in [0.15, 0.2) is 0 Å². The summed E-state index contributed by atoms with van der Waals surface area (Å²) in [5.74, 6) is -0.647. The molecule has 0 spiro atoms. The normalized spacial score (nSPS) is 15.2. The van der Waals surface area contributed by atoms with Gasteiger partial charge in [-0.15, -0.1) is 4.80 Å². The minimum Gasteiger partial charge on any atom is -0.496 e. The van der Waals surface area contributed by atoms with Gasteiger partial charge in [-0.2, -0.15) is 10.2 Å². The molecule has 2 atom stereocenters. The molecule has 1 N–H and O–H groups in total. The number of aryl methyl sites for hydroxylation is 1. The van der Waals surface area contributed by atoms with E-state index in [1.807, 2.05) is 0 Å². The lowest BCUT2D eigenvalue weighted by Gasteiger charge is -2.23. The number of likely N-dealkylation sites (tertiary alicyclic amines) is 1. The van der Waals surface area contributed by atoms with Crippen molar-refractivity contribution in [1.29, 1.82) is 0 Å². The van der Waals surface area contributed by atoms with Gasteiger partial charge in [0, 0.05) is 24.2 Å². The minimum absolute atomic E-state index is 0.147. The zero-order valence-corrected chi connectivity index (χ0v) is 21.9. The molecule has 1 saturated heterocycles. The van der Waals surface area contributed by atoms with Crippen LogP contribution in [0.2, 0.25) is 0 Å². The highest BCUT2D eigenvalue weighted by molar-refractivity contribution is 7.21. The van der Waals surface area contributed by atoms with E-state index in [2.05, 4.69) is 10.2 Å². The molecule has 1 aliphatic rings. The number of carbonyl (C=O) groups is 1. The molecule has 38 heavy (non-hydrogen) atoms. The number of fused-ring (bicyclic) bond motifs is 1. The van der Waals surface area contributed by atoms with Crippen molar-refractivity contribution in [3.63, 3.8) is 0 Å². The third kappa shape index (κ3) is 4.31. The van der Waals surface area contributed by atoms with E-state index in [1.165, 1.54) is 47.9 Å². The highest BCUT2D eigenvalue weighted by Gasteiger charge is 2.30. The first-order chi connectivity index (χ1) is 18.2. The number of hydrogen-bond donors (Lipinski definition) is 1. The van der Waals surface area contributed by atoms with Crippen LogP contribution in [0.25, 0.3) is 15.2 Å². The Balaban J connectivity index is 1.71. The van der Waals surface area contributed by atoms with E-state index in [1.54, 1.807) is 11.8 Å². The first-order valence-electron chi connectivity index (χ1n) is 12.2. The average Bonchev–Trinajstić information content (AvgIpc) is 3.67. The molecule has 13 heteroatoms. The van der Waals surface area contributed by atoms with Gasteiger partial charge in [0.2, 0.25) is 5.91 Å². The van der Waals surface area contributed by atoms with Crippen molar-refractivity contribution >= 4 is 27.5 Å². The molecule has 200 valence electrons. The smallest absolute Gasteiger partial charge is 0.332 e. The van der Waals surface area contributed by atoms with Gasteiger partial charge in [-0.1, -0.05) is 11.3 Å². The average molecular weight is 543 g/mol. The second-order valence-corrected chi connectivity index (χ2v) is 10.2. The van der Waals surface area contributed by atoms with Crippen molar-refractivity contribution in [3.05, 3.63) is 68.4 Å². The molecule has 0 bridgehead atoms. The number of hydrogen-bond acceptors (Lipinski definition) is 8. The third-order valence-electron chi connectivity index (χ3n) is 6.89. The number of carbonyl (C=O) groups excluding carboxylic acids is 1. The fourth-order valence-electron chi connectivity index (χ4n) is 4.92. The van der Waals surface area contributed by atoms with Crippen molar-refractivity contribution in [1.82, 2.24) is 29.0 Å². The van der Waals surface area contributed by atoms with E-state index < -0.39 is 29.2 Å². The first kappa shape index (κ1) is 25.8. The minimum atomic E-state index is -1.36. The zero-order chi connectivity index (χ0) is 27.1. The Morgan fingerprint density at radius 3 is 2.55 bits per heavy atom. The van der Waals surface area contributed by atoms with Crippen LogP contribution in [-0.2, 0) is 11.3 Å². The molecule has 4 aromatic rings. The van der Waals surface area contributed by atoms with E-state index in [-0.39, 0.29) is 34.0 Å². The van der Waals surface area contributed by atoms with Crippen LogP contribution < -0.4 is 16.0 Å². The SMILES string of the molecule is COc1ccc(F)cc1[C@@H](O)Cn1c(=O)n(C(C)C(=O)N2CCCC2)c(=O)c2c(C)c(-n3nccn3)sc21. The van der Waals surface area contributed by atoms with E-state index in [9.17, 15) is 23.9 Å². The third-order valence-corrected chi connectivity index (χ3v) is 8.17. The number of aromatic nitrogens is 5. The Morgan fingerprint density at radius 1 is 1.21 bits per heavy atom. The van der Waals surface area contributed by atoms with Crippen LogP contribution in [0.4, 0.5) is 4.39 Å². The van der Waals surface area contributed by atoms with Crippen molar-refractivity contribution in [3.8, 4) is 10.8 Å². The molecule has 1 aliphatic heterocycles. The lowest BCUT2D eigenvalue weighted by molar-refractivity contribution is -0.133. The highest BCUT2D eigenvalue weighted by atomic mass is 32.1. The molecule has 5 rings (SSSR count). The second-order valence-electron chi connectivity index (χ2n) is 9.21. The topological polar surface area (TPSA) is 124 Å². The molecule has 3 aromatic heterocycles. The summed E-state index contributed by atoms with van der Waals surface area (Å²) >= 11 is 1.12. The Kier molecular flexibility index (Phi) is 6.88. The van der Waals surface area contributed by atoms with Gasteiger partial charge in [-0.25, -0.2) is 13.8 Å². The van der Waals surface area contributed by atoms with Crippen LogP contribution in [0, 0.1) is 12.7 Å². The second kappa shape index (κ2) is 10.1. The fourth-order valence-corrected chi connectivity index (χ4v) is 6.14. The fraction of sp³-hybridized carbons (Fsp3) is 0.400. The lowest BCUT2D eigenvalue weighted by Crippen LogP contribution is -2.47. The predicted molar refractivity (Wildman–Crippen MR) is 138 cm³/mol. The van der Waals surface area contributed by atoms with Gasteiger partial charge in [-0.3, -0.25) is 14.2 Å². The molecular weight excluding hydrogens is 515 g/mol. The van der Waals surface area contributed by atoms with Gasteiger partial charge in [-0.05, 0) is 44.9 Å². The summed E-state index contributed by atoms with van der Waals surface area (Å²) < 4.78 is 21.5. The van der Waals surface area contributed by atoms with Crippen LogP contribution >= 0.6 is 11.3 Å². The summed E-state index contributed by atoms with van der Waals surface area (Å²) in [7, 11) is 1.39. The Bertz CT molecular complexity index is 1620. The Hall–Kier alpha value is -3.84. The van der Waals surface area contributed by atoms with Crippen molar-refractivity contribution in [2.45, 2.75) is 45.4 Å². The monoisotopic (exact) mass is 542 g/mol. The zero-order valence-electron chi connectivity index (χ0n) is 21.1. The molecule has 11 nitrogen and oxygen atoms in total. The number of benzene rings is 1. The quantitative estimate of drug-likeness (QED) is 0.380. The standard InChI is InChI=1S/C25H27FN6O5S/c1-14-20-22(35)31(15(2)21(34)29-10-4-5-11-29)25(36)30(24(20)38-23(14)32-27-8-9-28-32)13-18(33)17-12-16(26)6-7-19(17)37-3/h6-9,12,15,18,33H,4-5,10-11,13H2,1-3H3/t15?,18-/m0/s1. The molecule has 1 amide bonds. The molecule has 4 heterocycles. The van der Waals surface area contributed by atoms with E-state index in [4.69, 9.17) is 4.74 Å². The number of thiophene rings is 1. The summed E-state index contributed by atoms with van der Waals surface area (Å²) in [6.07, 6.45) is 3.35. The van der Waals surface area contributed by atoms with Gasteiger partial charge in [0.25, 0.3) is 5.56 Å². The number of halogens is 1.